The van der Waals surface area contributed by atoms with Gasteiger partial charge in [-0.25, -0.2) is 15.0 Å². The SMILES string of the molecule is CCOC(=O)CNCCNc1cc(Nc2ncc(C(=O)Nc3c(C)cccc3Cl)s2)nc(C)n1. The average molecular weight is 504 g/mol. The summed E-state index contributed by atoms with van der Waals surface area (Å²) in [5.74, 6) is 1.15. The molecule has 0 atom stereocenters. The Balaban J connectivity index is 1.56. The van der Waals surface area contributed by atoms with Crippen LogP contribution in [-0.4, -0.2) is 53.1 Å². The van der Waals surface area contributed by atoms with Crippen LogP contribution in [0.3, 0.4) is 0 Å². The molecule has 12 heteroatoms. The summed E-state index contributed by atoms with van der Waals surface area (Å²) in [7, 11) is 0. The first-order chi connectivity index (χ1) is 16.4. The highest BCUT2D eigenvalue weighted by atomic mass is 35.5. The molecule has 0 saturated heterocycles. The van der Waals surface area contributed by atoms with E-state index in [1.165, 1.54) is 17.5 Å². The number of nitrogens with zero attached hydrogens (tertiary/aromatic N) is 3. The average Bonchev–Trinajstić information content (AvgIpc) is 3.24. The number of carbonyl (C=O) groups is 2. The molecule has 0 unspecified atom stereocenters. The largest absolute Gasteiger partial charge is 0.465 e. The fourth-order valence-corrected chi connectivity index (χ4v) is 3.90. The van der Waals surface area contributed by atoms with Crippen molar-refractivity contribution in [1.82, 2.24) is 20.3 Å². The summed E-state index contributed by atoms with van der Waals surface area (Å²) >= 11 is 7.40. The van der Waals surface area contributed by atoms with Gasteiger partial charge >= 0.3 is 5.97 Å². The van der Waals surface area contributed by atoms with Crippen LogP contribution in [0, 0.1) is 13.8 Å². The summed E-state index contributed by atoms with van der Waals surface area (Å²) in [4.78, 5) is 37.4. The lowest BCUT2D eigenvalue weighted by Crippen LogP contribution is -2.29. The highest BCUT2D eigenvalue weighted by molar-refractivity contribution is 7.17. The van der Waals surface area contributed by atoms with Gasteiger partial charge in [0, 0.05) is 19.2 Å². The molecule has 180 valence electrons. The standard InChI is InChI=1S/C22H26ClN7O3S/c1-4-33-19(31)12-24-8-9-25-17-10-18(28-14(3)27-17)29-22-26-11-16(34-22)21(32)30-20-13(2)6-5-7-15(20)23/h5-7,10-11,24H,4,8-9,12H2,1-3H3,(H,30,32)(H2,25,26,27,28,29). The van der Waals surface area contributed by atoms with Crippen LogP contribution in [0.25, 0.3) is 0 Å². The predicted octanol–water partition coefficient (Wildman–Crippen LogP) is 3.76. The van der Waals surface area contributed by atoms with Crippen molar-refractivity contribution >= 4 is 57.3 Å². The Morgan fingerprint density at radius 2 is 1.94 bits per heavy atom. The van der Waals surface area contributed by atoms with E-state index in [2.05, 4.69) is 36.2 Å². The molecule has 34 heavy (non-hydrogen) atoms. The Kier molecular flexibility index (Phi) is 9.14. The molecule has 0 spiro atoms. The zero-order valence-electron chi connectivity index (χ0n) is 19.1. The van der Waals surface area contributed by atoms with Crippen molar-refractivity contribution in [2.24, 2.45) is 0 Å². The summed E-state index contributed by atoms with van der Waals surface area (Å²) in [5.41, 5.74) is 1.45. The molecule has 0 bridgehead atoms. The molecule has 0 fully saturated rings. The lowest BCUT2D eigenvalue weighted by Gasteiger charge is -2.10. The van der Waals surface area contributed by atoms with E-state index in [1.807, 2.05) is 19.1 Å². The van der Waals surface area contributed by atoms with Gasteiger partial charge in [0.05, 0.1) is 30.1 Å². The van der Waals surface area contributed by atoms with Crippen LogP contribution in [0.4, 0.5) is 22.5 Å². The van der Waals surface area contributed by atoms with E-state index >= 15 is 0 Å². The Labute approximate surface area is 206 Å². The maximum atomic E-state index is 12.6. The van der Waals surface area contributed by atoms with Crippen LogP contribution >= 0.6 is 22.9 Å². The lowest BCUT2D eigenvalue weighted by atomic mass is 10.2. The first kappa shape index (κ1) is 25.3. The van der Waals surface area contributed by atoms with Crippen molar-refractivity contribution in [2.75, 3.05) is 42.2 Å². The van der Waals surface area contributed by atoms with Crippen LogP contribution in [0.15, 0.2) is 30.5 Å². The monoisotopic (exact) mass is 503 g/mol. The van der Waals surface area contributed by atoms with Crippen molar-refractivity contribution < 1.29 is 14.3 Å². The number of hydrogen-bond donors (Lipinski definition) is 4. The van der Waals surface area contributed by atoms with Crippen LogP contribution in [0.5, 0.6) is 0 Å². The first-order valence-corrected chi connectivity index (χ1v) is 11.8. The number of aromatic nitrogens is 3. The molecule has 0 aliphatic heterocycles. The third kappa shape index (κ3) is 7.37. The number of ether oxygens (including phenoxy) is 1. The number of para-hydroxylation sites is 1. The Morgan fingerprint density at radius 3 is 2.71 bits per heavy atom. The molecule has 2 aromatic heterocycles. The minimum atomic E-state index is -0.293. The molecule has 0 aliphatic rings. The second-order valence-electron chi connectivity index (χ2n) is 7.13. The molecule has 0 radical (unpaired) electrons. The fraction of sp³-hybridized carbons (Fsp3) is 0.318. The minimum absolute atomic E-state index is 0.154. The quantitative estimate of drug-likeness (QED) is 0.228. The van der Waals surface area contributed by atoms with Crippen molar-refractivity contribution in [3.63, 3.8) is 0 Å². The van der Waals surface area contributed by atoms with Crippen molar-refractivity contribution in [2.45, 2.75) is 20.8 Å². The first-order valence-electron chi connectivity index (χ1n) is 10.6. The number of amides is 1. The Morgan fingerprint density at radius 1 is 1.15 bits per heavy atom. The molecule has 1 aromatic carbocycles. The molecule has 1 amide bonds. The van der Waals surface area contributed by atoms with Crippen molar-refractivity contribution in [3.8, 4) is 0 Å². The van der Waals surface area contributed by atoms with Gasteiger partial charge in [-0.15, -0.1) is 0 Å². The van der Waals surface area contributed by atoms with Gasteiger partial charge in [0.25, 0.3) is 5.91 Å². The van der Waals surface area contributed by atoms with E-state index in [1.54, 1.807) is 26.0 Å². The van der Waals surface area contributed by atoms with E-state index in [-0.39, 0.29) is 18.4 Å². The summed E-state index contributed by atoms with van der Waals surface area (Å²) in [6.45, 7) is 7.05. The summed E-state index contributed by atoms with van der Waals surface area (Å²) in [5, 5.41) is 13.1. The number of nitrogens with one attached hydrogen (secondary N) is 4. The maximum absolute atomic E-state index is 12.6. The van der Waals surface area contributed by atoms with Gasteiger partial charge in [0.2, 0.25) is 0 Å². The number of thiazole rings is 1. The predicted molar refractivity (Wildman–Crippen MR) is 134 cm³/mol. The number of rotatable bonds is 11. The molecule has 4 N–H and O–H groups in total. The highest BCUT2D eigenvalue weighted by Crippen LogP contribution is 2.28. The Bertz CT molecular complexity index is 1140. The van der Waals surface area contributed by atoms with Gasteiger partial charge in [-0.2, -0.15) is 0 Å². The Hall–Kier alpha value is -3.28. The number of halogens is 1. The van der Waals surface area contributed by atoms with Gasteiger partial charge in [-0.3, -0.25) is 9.59 Å². The molecular formula is C22H26ClN7O3S. The summed E-state index contributed by atoms with van der Waals surface area (Å²) in [6.07, 6.45) is 1.50. The minimum Gasteiger partial charge on any atom is -0.465 e. The van der Waals surface area contributed by atoms with E-state index in [0.717, 1.165) is 5.56 Å². The van der Waals surface area contributed by atoms with E-state index in [4.69, 9.17) is 16.3 Å². The topological polar surface area (TPSA) is 130 Å². The van der Waals surface area contributed by atoms with Gasteiger partial charge in [0.1, 0.15) is 22.3 Å². The lowest BCUT2D eigenvalue weighted by molar-refractivity contribution is -0.141. The number of carbonyl (C=O) groups excluding carboxylic acids is 2. The zero-order valence-corrected chi connectivity index (χ0v) is 20.6. The van der Waals surface area contributed by atoms with E-state index in [0.29, 0.717) is 57.9 Å². The molecule has 2 heterocycles. The van der Waals surface area contributed by atoms with E-state index < -0.39 is 0 Å². The van der Waals surface area contributed by atoms with Gasteiger partial charge in [-0.05, 0) is 32.4 Å². The van der Waals surface area contributed by atoms with Crippen molar-refractivity contribution in [3.05, 3.63) is 51.7 Å². The smallest absolute Gasteiger partial charge is 0.319 e. The van der Waals surface area contributed by atoms with Crippen LogP contribution in [-0.2, 0) is 9.53 Å². The van der Waals surface area contributed by atoms with Gasteiger partial charge in [-0.1, -0.05) is 35.1 Å². The van der Waals surface area contributed by atoms with E-state index in [9.17, 15) is 9.59 Å². The molecule has 3 rings (SSSR count). The van der Waals surface area contributed by atoms with Crippen LogP contribution in [0.1, 0.15) is 28.0 Å². The highest BCUT2D eigenvalue weighted by Gasteiger charge is 2.14. The van der Waals surface area contributed by atoms with Crippen LogP contribution < -0.4 is 21.3 Å². The molecular weight excluding hydrogens is 478 g/mol. The number of anilines is 4. The summed E-state index contributed by atoms with van der Waals surface area (Å²) < 4.78 is 4.86. The van der Waals surface area contributed by atoms with Gasteiger partial charge in [0.15, 0.2) is 5.13 Å². The molecule has 3 aromatic rings. The van der Waals surface area contributed by atoms with Gasteiger partial charge < -0.3 is 26.0 Å². The maximum Gasteiger partial charge on any atom is 0.319 e. The number of benzene rings is 1. The molecule has 10 nitrogen and oxygen atoms in total. The number of aryl methyl sites for hydroxylation is 2. The second-order valence-corrected chi connectivity index (χ2v) is 8.57. The normalized spacial score (nSPS) is 10.6. The summed E-state index contributed by atoms with van der Waals surface area (Å²) in [6, 6.07) is 7.17. The third-order valence-electron chi connectivity index (χ3n) is 4.45. The third-order valence-corrected chi connectivity index (χ3v) is 5.67. The molecule has 0 aliphatic carbocycles. The van der Waals surface area contributed by atoms with Crippen molar-refractivity contribution in [1.29, 1.82) is 0 Å². The zero-order chi connectivity index (χ0) is 24.5. The van der Waals surface area contributed by atoms with Crippen LogP contribution in [0.2, 0.25) is 5.02 Å². The second kappa shape index (κ2) is 12.3. The molecule has 0 saturated carbocycles. The number of esters is 1. The fourth-order valence-electron chi connectivity index (χ4n) is 2.92. The number of hydrogen-bond acceptors (Lipinski definition) is 10.